The zero-order valence-corrected chi connectivity index (χ0v) is 14.9. The maximum Gasteiger partial charge on any atom is 0.271 e. The molecule has 1 N–H and O–H groups in total. The lowest BCUT2D eigenvalue weighted by Gasteiger charge is -2.11. The Balaban J connectivity index is 1.78. The van der Waals surface area contributed by atoms with Gasteiger partial charge in [-0.3, -0.25) is 4.79 Å². The molecule has 0 aromatic heterocycles. The molecule has 1 heterocycles. The summed E-state index contributed by atoms with van der Waals surface area (Å²) in [5.74, 6) is 2.10. The number of carbonyl (C=O) groups excluding carboxylic acids is 1. The van der Waals surface area contributed by atoms with Gasteiger partial charge in [0.25, 0.3) is 5.91 Å². The number of ether oxygens (including phenoxy) is 4. The van der Waals surface area contributed by atoms with Crippen molar-refractivity contribution in [1.82, 2.24) is 5.43 Å². The van der Waals surface area contributed by atoms with Gasteiger partial charge in [0.05, 0.1) is 19.9 Å². The van der Waals surface area contributed by atoms with Gasteiger partial charge in [-0.05, 0) is 42.8 Å². The Bertz CT molecular complexity index is 848. The maximum absolute atomic E-state index is 12.4. The van der Waals surface area contributed by atoms with Gasteiger partial charge in [0.15, 0.2) is 23.0 Å². The van der Waals surface area contributed by atoms with E-state index >= 15 is 0 Å². The number of methoxy groups -OCH3 is 2. The average Bonchev–Trinajstić information content (AvgIpc) is 3.15. The first kappa shape index (κ1) is 17.6. The Kier molecular flexibility index (Phi) is 5.26. The van der Waals surface area contributed by atoms with Crippen LogP contribution in [0.25, 0.3) is 0 Å². The van der Waals surface area contributed by atoms with Gasteiger partial charge in [0.2, 0.25) is 6.79 Å². The first-order valence-corrected chi connectivity index (χ1v) is 8.15. The molecule has 0 saturated heterocycles. The van der Waals surface area contributed by atoms with Gasteiger partial charge in [-0.2, -0.15) is 5.10 Å². The van der Waals surface area contributed by atoms with Crippen molar-refractivity contribution < 1.29 is 23.7 Å². The fraction of sp³-hybridized carbons (Fsp3) is 0.263. The van der Waals surface area contributed by atoms with Crippen LogP contribution in [0.2, 0.25) is 0 Å². The van der Waals surface area contributed by atoms with E-state index in [-0.39, 0.29) is 12.7 Å². The lowest BCUT2D eigenvalue weighted by atomic mass is 10.1. The Hall–Kier alpha value is -3.22. The highest BCUT2D eigenvalue weighted by atomic mass is 16.7. The summed E-state index contributed by atoms with van der Waals surface area (Å²) in [6.45, 7) is 2.13. The van der Waals surface area contributed by atoms with Crippen molar-refractivity contribution in [3.05, 3.63) is 47.5 Å². The molecule has 1 amide bonds. The molecule has 0 aliphatic carbocycles. The van der Waals surface area contributed by atoms with Gasteiger partial charge >= 0.3 is 0 Å². The summed E-state index contributed by atoms with van der Waals surface area (Å²) in [4.78, 5) is 12.4. The van der Waals surface area contributed by atoms with Gasteiger partial charge in [0, 0.05) is 11.1 Å². The standard InChI is InChI=1S/C19H20N2O5/c1-4-14(12-5-7-15(23-2)17(9-12)24-3)20-21-19(22)13-6-8-16-18(10-13)26-11-25-16/h5-10H,4,11H2,1-3H3,(H,21,22)/b20-14+. The molecular weight excluding hydrogens is 336 g/mol. The number of carbonyl (C=O) groups is 1. The summed E-state index contributed by atoms with van der Waals surface area (Å²) < 4.78 is 21.1. The van der Waals surface area contributed by atoms with Gasteiger partial charge in [0.1, 0.15) is 0 Å². The Morgan fingerprint density at radius 3 is 2.50 bits per heavy atom. The van der Waals surface area contributed by atoms with Crippen molar-refractivity contribution in [2.45, 2.75) is 13.3 Å². The first-order valence-electron chi connectivity index (χ1n) is 8.15. The molecule has 0 saturated carbocycles. The van der Waals surface area contributed by atoms with Crippen LogP contribution in [0.1, 0.15) is 29.3 Å². The molecule has 2 aromatic rings. The van der Waals surface area contributed by atoms with Gasteiger partial charge in [-0.15, -0.1) is 0 Å². The summed E-state index contributed by atoms with van der Waals surface area (Å²) in [6, 6.07) is 10.5. The first-order chi connectivity index (χ1) is 12.7. The van der Waals surface area contributed by atoms with Crippen LogP contribution in [-0.4, -0.2) is 32.6 Å². The van der Waals surface area contributed by atoms with E-state index in [4.69, 9.17) is 18.9 Å². The topological polar surface area (TPSA) is 78.4 Å². The number of nitrogens with one attached hydrogen (secondary N) is 1. The highest BCUT2D eigenvalue weighted by Crippen LogP contribution is 2.32. The normalized spacial score (nSPS) is 12.7. The third kappa shape index (κ3) is 3.56. The fourth-order valence-corrected chi connectivity index (χ4v) is 2.58. The monoisotopic (exact) mass is 356 g/mol. The summed E-state index contributed by atoms with van der Waals surface area (Å²) in [7, 11) is 3.16. The van der Waals surface area contributed by atoms with E-state index in [1.165, 1.54) is 0 Å². The summed E-state index contributed by atoms with van der Waals surface area (Å²) in [6.07, 6.45) is 0.636. The number of amides is 1. The number of hydrazone groups is 1. The van der Waals surface area contributed by atoms with Crippen LogP contribution >= 0.6 is 0 Å². The molecule has 0 fully saturated rings. The van der Waals surface area contributed by atoms with E-state index in [1.54, 1.807) is 38.5 Å². The fourth-order valence-electron chi connectivity index (χ4n) is 2.58. The lowest BCUT2D eigenvalue weighted by Crippen LogP contribution is -2.20. The minimum atomic E-state index is -0.324. The molecular formula is C19H20N2O5. The van der Waals surface area contributed by atoms with Gasteiger partial charge in [-0.1, -0.05) is 6.92 Å². The van der Waals surface area contributed by atoms with E-state index in [0.29, 0.717) is 35.0 Å². The number of hydrogen-bond acceptors (Lipinski definition) is 6. The third-order valence-corrected chi connectivity index (χ3v) is 3.98. The zero-order valence-electron chi connectivity index (χ0n) is 14.9. The molecule has 136 valence electrons. The molecule has 0 bridgehead atoms. The quantitative estimate of drug-likeness (QED) is 0.636. The van der Waals surface area contributed by atoms with Crippen LogP contribution < -0.4 is 24.4 Å². The molecule has 1 aliphatic rings. The molecule has 2 aromatic carbocycles. The predicted octanol–water partition coefficient (Wildman–Crippen LogP) is 2.98. The Morgan fingerprint density at radius 1 is 1.04 bits per heavy atom. The van der Waals surface area contributed by atoms with Crippen molar-refractivity contribution in [1.29, 1.82) is 0 Å². The number of rotatable bonds is 6. The predicted molar refractivity (Wildman–Crippen MR) is 96.4 cm³/mol. The summed E-state index contributed by atoms with van der Waals surface area (Å²) in [5.41, 5.74) is 4.60. The molecule has 26 heavy (non-hydrogen) atoms. The average molecular weight is 356 g/mol. The lowest BCUT2D eigenvalue weighted by molar-refractivity contribution is 0.0954. The highest BCUT2D eigenvalue weighted by molar-refractivity contribution is 6.02. The van der Waals surface area contributed by atoms with Crippen LogP contribution in [0.5, 0.6) is 23.0 Å². The van der Waals surface area contributed by atoms with Crippen LogP contribution in [0, 0.1) is 0 Å². The van der Waals surface area contributed by atoms with Crippen molar-refractivity contribution in [2.24, 2.45) is 5.10 Å². The second-order valence-electron chi connectivity index (χ2n) is 5.49. The minimum Gasteiger partial charge on any atom is -0.493 e. The molecule has 0 radical (unpaired) electrons. The number of hydrogen-bond donors (Lipinski definition) is 1. The van der Waals surface area contributed by atoms with E-state index in [0.717, 1.165) is 11.3 Å². The second kappa shape index (κ2) is 7.77. The van der Waals surface area contributed by atoms with E-state index < -0.39 is 0 Å². The van der Waals surface area contributed by atoms with Crippen molar-refractivity contribution in [3.8, 4) is 23.0 Å². The molecule has 7 heteroatoms. The zero-order chi connectivity index (χ0) is 18.5. The van der Waals surface area contributed by atoms with Crippen LogP contribution in [0.15, 0.2) is 41.5 Å². The molecule has 1 aliphatic heterocycles. The molecule has 7 nitrogen and oxygen atoms in total. The third-order valence-electron chi connectivity index (χ3n) is 3.98. The number of benzene rings is 2. The second-order valence-corrected chi connectivity index (χ2v) is 5.49. The highest BCUT2D eigenvalue weighted by Gasteiger charge is 2.16. The van der Waals surface area contributed by atoms with Crippen molar-refractivity contribution in [3.63, 3.8) is 0 Å². The molecule has 0 unspecified atom stereocenters. The van der Waals surface area contributed by atoms with Crippen LogP contribution in [0.4, 0.5) is 0 Å². The van der Waals surface area contributed by atoms with Crippen molar-refractivity contribution >= 4 is 11.6 Å². The van der Waals surface area contributed by atoms with Gasteiger partial charge in [-0.25, -0.2) is 5.43 Å². The Morgan fingerprint density at radius 2 is 1.77 bits per heavy atom. The van der Waals surface area contributed by atoms with Crippen LogP contribution in [-0.2, 0) is 0 Å². The van der Waals surface area contributed by atoms with Crippen LogP contribution in [0.3, 0.4) is 0 Å². The molecule has 3 rings (SSSR count). The van der Waals surface area contributed by atoms with E-state index in [9.17, 15) is 4.79 Å². The summed E-state index contributed by atoms with van der Waals surface area (Å²) in [5, 5.41) is 4.26. The minimum absolute atomic E-state index is 0.165. The molecule has 0 atom stereocenters. The van der Waals surface area contributed by atoms with Crippen molar-refractivity contribution in [2.75, 3.05) is 21.0 Å². The largest absolute Gasteiger partial charge is 0.493 e. The number of nitrogens with zero attached hydrogens (tertiary/aromatic N) is 1. The van der Waals surface area contributed by atoms with Gasteiger partial charge < -0.3 is 18.9 Å². The van der Waals surface area contributed by atoms with E-state index in [2.05, 4.69) is 10.5 Å². The molecule has 0 spiro atoms. The maximum atomic E-state index is 12.4. The SMILES string of the molecule is CC/C(=N\NC(=O)c1ccc2c(c1)OCO2)c1ccc(OC)c(OC)c1. The Labute approximate surface area is 151 Å². The van der Waals surface area contributed by atoms with E-state index in [1.807, 2.05) is 19.1 Å². The summed E-state index contributed by atoms with van der Waals surface area (Å²) >= 11 is 0. The number of fused-ring (bicyclic) bond motifs is 1. The smallest absolute Gasteiger partial charge is 0.271 e.